The van der Waals surface area contributed by atoms with E-state index in [4.69, 9.17) is 4.74 Å². The summed E-state index contributed by atoms with van der Waals surface area (Å²) in [6.45, 7) is 3.91. The molecule has 1 N–H and O–H groups in total. The predicted octanol–water partition coefficient (Wildman–Crippen LogP) is 2.82. The summed E-state index contributed by atoms with van der Waals surface area (Å²) >= 11 is 0. The summed E-state index contributed by atoms with van der Waals surface area (Å²) < 4.78 is 53.0. The Bertz CT molecular complexity index is 1280. The first-order chi connectivity index (χ1) is 16.2. The van der Waals surface area contributed by atoms with Gasteiger partial charge in [-0.05, 0) is 45.2 Å². The minimum Gasteiger partial charge on any atom is -0.444 e. The number of nitrogens with one attached hydrogen (secondary N) is 1. The van der Waals surface area contributed by atoms with Crippen molar-refractivity contribution < 1.29 is 32.3 Å². The van der Waals surface area contributed by atoms with Gasteiger partial charge in [0.05, 0.1) is 23.5 Å². The number of piperidine rings is 2. The van der Waals surface area contributed by atoms with Crippen molar-refractivity contribution in [2.45, 2.75) is 63.5 Å². The minimum atomic E-state index is -3.45. The topological polar surface area (TPSA) is 103 Å². The highest BCUT2D eigenvalue weighted by atomic mass is 19.3. The molecule has 2 aliphatic rings. The van der Waals surface area contributed by atoms with Gasteiger partial charge >= 0.3 is 11.8 Å². The van der Waals surface area contributed by atoms with E-state index in [1.54, 1.807) is 20.8 Å². The van der Waals surface area contributed by atoms with Crippen molar-refractivity contribution in [3.05, 3.63) is 34.0 Å². The molecule has 0 bridgehead atoms. The van der Waals surface area contributed by atoms with Gasteiger partial charge in [-0.2, -0.15) is 0 Å². The van der Waals surface area contributed by atoms with E-state index in [1.165, 1.54) is 13.1 Å². The molecule has 2 saturated heterocycles. The molecular formula is C23H27F3N4O5. The van der Waals surface area contributed by atoms with Crippen LogP contribution in [-0.2, 0) is 21.4 Å². The van der Waals surface area contributed by atoms with E-state index in [0.29, 0.717) is 0 Å². The average molecular weight is 496 g/mol. The molecule has 1 aromatic carbocycles. The van der Waals surface area contributed by atoms with E-state index in [-0.39, 0.29) is 42.4 Å². The first kappa shape index (κ1) is 24.8. The Hall–Kier alpha value is -3.31. The number of imidazole rings is 1. The smallest absolute Gasteiger partial charge is 0.410 e. The molecule has 2 aliphatic heterocycles. The fraction of sp³-hybridized carbons (Fsp3) is 0.565. The lowest BCUT2D eigenvalue weighted by Gasteiger charge is -2.39. The fourth-order valence-electron chi connectivity index (χ4n) is 4.70. The number of hydrogen-bond donors (Lipinski definition) is 1. The number of imide groups is 1. The highest BCUT2D eigenvalue weighted by molar-refractivity contribution is 6.00. The SMILES string of the molecule is Cn1c(=O)n(C2CCC(=O)NC2=O)c2cc(F)c(C3CCN(C(=O)OC(C)(C)C)CC3(F)F)cc21. The number of likely N-dealkylation sites (tertiary alicyclic amines) is 1. The Morgan fingerprint density at radius 2 is 1.83 bits per heavy atom. The van der Waals surface area contributed by atoms with Gasteiger partial charge < -0.3 is 9.64 Å². The molecule has 0 aliphatic carbocycles. The molecule has 0 radical (unpaired) electrons. The third kappa shape index (κ3) is 4.53. The molecule has 1 aromatic heterocycles. The van der Waals surface area contributed by atoms with Gasteiger partial charge in [0.2, 0.25) is 11.8 Å². The lowest BCUT2D eigenvalue weighted by molar-refractivity contribution is -0.135. The number of rotatable bonds is 2. The fourth-order valence-corrected chi connectivity index (χ4v) is 4.70. The molecule has 3 heterocycles. The van der Waals surface area contributed by atoms with Crippen LogP contribution in [0.4, 0.5) is 18.0 Å². The van der Waals surface area contributed by atoms with Crippen molar-refractivity contribution in [1.29, 1.82) is 0 Å². The van der Waals surface area contributed by atoms with E-state index in [0.717, 1.165) is 20.1 Å². The van der Waals surface area contributed by atoms with Crippen molar-refractivity contribution in [2.24, 2.45) is 7.05 Å². The van der Waals surface area contributed by atoms with Gasteiger partial charge in [-0.1, -0.05) is 0 Å². The van der Waals surface area contributed by atoms with E-state index < -0.39 is 59.4 Å². The van der Waals surface area contributed by atoms with Crippen LogP contribution in [0.3, 0.4) is 0 Å². The van der Waals surface area contributed by atoms with Gasteiger partial charge in [0.1, 0.15) is 17.5 Å². The van der Waals surface area contributed by atoms with E-state index in [1.807, 2.05) is 0 Å². The van der Waals surface area contributed by atoms with Gasteiger partial charge in [0, 0.05) is 26.1 Å². The molecule has 0 spiro atoms. The molecular weight excluding hydrogens is 469 g/mol. The number of carbonyl (C=O) groups excluding carboxylic acids is 3. The van der Waals surface area contributed by atoms with Crippen molar-refractivity contribution in [3.8, 4) is 0 Å². The molecule has 2 fully saturated rings. The second-order valence-electron chi connectivity index (χ2n) is 10.0. The highest BCUT2D eigenvalue weighted by Gasteiger charge is 2.48. The number of fused-ring (bicyclic) bond motifs is 1. The van der Waals surface area contributed by atoms with Crippen molar-refractivity contribution in [1.82, 2.24) is 19.4 Å². The maximum Gasteiger partial charge on any atom is 0.410 e. The monoisotopic (exact) mass is 496 g/mol. The maximum absolute atomic E-state index is 15.3. The number of benzene rings is 1. The van der Waals surface area contributed by atoms with Crippen molar-refractivity contribution in [3.63, 3.8) is 0 Å². The van der Waals surface area contributed by atoms with Crippen LogP contribution in [0, 0.1) is 5.82 Å². The first-order valence-electron chi connectivity index (χ1n) is 11.3. The number of amides is 3. The van der Waals surface area contributed by atoms with Crippen LogP contribution in [-0.4, -0.2) is 56.6 Å². The largest absolute Gasteiger partial charge is 0.444 e. The molecule has 2 aromatic rings. The number of halogens is 3. The standard InChI is InChI=1S/C23H27F3N4O5/c1-22(2,3)35-21(34)29-8-7-13(23(25,26)11-29)12-9-16-17(10-14(12)24)30(20(33)28(16)4)15-5-6-18(31)27-19(15)32/h9-10,13,15H,5-8,11H2,1-4H3,(H,27,31,32). The lowest BCUT2D eigenvalue weighted by atomic mass is 9.85. The summed E-state index contributed by atoms with van der Waals surface area (Å²) in [7, 11) is 1.40. The molecule has 12 heteroatoms. The Kier molecular flexibility index (Phi) is 5.97. The molecule has 35 heavy (non-hydrogen) atoms. The van der Waals surface area contributed by atoms with E-state index >= 15 is 13.2 Å². The van der Waals surface area contributed by atoms with E-state index in [2.05, 4.69) is 5.32 Å². The summed E-state index contributed by atoms with van der Waals surface area (Å²) in [5, 5.41) is 2.16. The number of nitrogens with zero attached hydrogens (tertiary/aromatic N) is 3. The molecule has 4 rings (SSSR count). The Balaban J connectivity index is 1.69. The van der Waals surface area contributed by atoms with Crippen LogP contribution in [0.5, 0.6) is 0 Å². The summed E-state index contributed by atoms with van der Waals surface area (Å²) in [6, 6.07) is 1.16. The van der Waals surface area contributed by atoms with E-state index in [9.17, 15) is 19.2 Å². The first-order valence-corrected chi connectivity index (χ1v) is 11.3. The van der Waals surface area contributed by atoms with Crippen LogP contribution >= 0.6 is 0 Å². The second-order valence-corrected chi connectivity index (χ2v) is 10.0. The van der Waals surface area contributed by atoms with Crippen LogP contribution in [0.15, 0.2) is 16.9 Å². The van der Waals surface area contributed by atoms with Crippen LogP contribution < -0.4 is 11.0 Å². The third-order valence-electron chi connectivity index (χ3n) is 6.36. The van der Waals surface area contributed by atoms with Gasteiger partial charge in [-0.15, -0.1) is 0 Å². The van der Waals surface area contributed by atoms with Crippen molar-refractivity contribution >= 4 is 28.9 Å². The lowest BCUT2D eigenvalue weighted by Crippen LogP contribution is -2.51. The number of aromatic nitrogens is 2. The Morgan fingerprint density at radius 1 is 1.14 bits per heavy atom. The van der Waals surface area contributed by atoms with Crippen LogP contribution in [0.1, 0.15) is 57.6 Å². The number of alkyl halides is 2. The van der Waals surface area contributed by atoms with Crippen LogP contribution in [0.2, 0.25) is 0 Å². The predicted molar refractivity (Wildman–Crippen MR) is 119 cm³/mol. The maximum atomic E-state index is 15.3. The second kappa shape index (κ2) is 8.42. The zero-order valence-electron chi connectivity index (χ0n) is 19.9. The summed E-state index contributed by atoms with van der Waals surface area (Å²) in [5.74, 6) is -7.07. The van der Waals surface area contributed by atoms with Crippen LogP contribution in [0.25, 0.3) is 11.0 Å². The minimum absolute atomic E-state index is 0.0161. The number of hydrogen-bond acceptors (Lipinski definition) is 5. The normalized spacial score (nSPS) is 22.9. The molecule has 2 unspecified atom stereocenters. The molecule has 0 saturated carbocycles. The number of carbonyl (C=O) groups is 3. The third-order valence-corrected chi connectivity index (χ3v) is 6.36. The zero-order valence-corrected chi connectivity index (χ0v) is 19.9. The summed E-state index contributed by atoms with van der Waals surface area (Å²) in [4.78, 5) is 49.9. The quantitative estimate of drug-likeness (QED) is 0.645. The van der Waals surface area contributed by atoms with Gasteiger partial charge in [0.15, 0.2) is 0 Å². The summed E-state index contributed by atoms with van der Waals surface area (Å²) in [5.41, 5.74) is -1.50. The summed E-state index contributed by atoms with van der Waals surface area (Å²) in [6.07, 6.45) is -0.997. The molecule has 2 atom stereocenters. The molecule has 3 amide bonds. The molecule has 190 valence electrons. The van der Waals surface area contributed by atoms with Gasteiger partial charge in [-0.3, -0.25) is 24.0 Å². The Morgan fingerprint density at radius 3 is 2.43 bits per heavy atom. The number of aryl methyl sites for hydroxylation is 1. The van der Waals surface area contributed by atoms with Gasteiger partial charge in [-0.25, -0.2) is 22.8 Å². The average Bonchev–Trinajstić information content (AvgIpc) is 2.96. The Labute approximate surface area is 198 Å². The van der Waals surface area contributed by atoms with Gasteiger partial charge in [0.25, 0.3) is 5.92 Å². The highest BCUT2D eigenvalue weighted by Crippen LogP contribution is 2.42. The van der Waals surface area contributed by atoms with Crippen molar-refractivity contribution in [2.75, 3.05) is 13.1 Å². The zero-order chi connectivity index (χ0) is 25.9. The number of ether oxygens (including phenoxy) is 1. The molecule has 9 nitrogen and oxygen atoms in total.